The molecule has 0 saturated carbocycles. The van der Waals surface area contributed by atoms with Gasteiger partial charge in [-0.05, 0) is 0 Å². The van der Waals surface area contributed by atoms with Crippen molar-refractivity contribution >= 4 is 89.3 Å². The first-order chi connectivity index (χ1) is 1.73. The Balaban J connectivity index is -0.000000000682. The zero-order chi connectivity index (χ0) is 3.58. The summed E-state index contributed by atoms with van der Waals surface area (Å²) < 4.78 is 0. The van der Waals surface area contributed by atoms with Crippen LogP contribution in [0, 0.1) is 0 Å². The van der Waals surface area contributed by atoms with Crippen LogP contribution in [-0.2, 0) is 0 Å². The van der Waals surface area contributed by atoms with Gasteiger partial charge in [0.1, 0.15) is 0 Å². The molecule has 0 aliphatic carbocycles. The minimum atomic E-state index is -1.83. The number of carboxylic acid groups (broad SMARTS) is 2. The van der Waals surface area contributed by atoms with Crippen molar-refractivity contribution in [3.63, 3.8) is 0 Å². The summed E-state index contributed by atoms with van der Waals surface area (Å²) in [7, 11) is 0. The Hall–Kier alpha value is 4.65. The monoisotopic (exact) mass is 264 g/mol. The van der Waals surface area contributed by atoms with Crippen molar-refractivity contribution in [1.82, 2.24) is 0 Å². The fraction of sp³-hybridized carbons (Fsp3) is 0. The average Bonchev–Trinajstić information content (AvgIpc) is 0.811. The number of rotatable bonds is 0. The summed E-state index contributed by atoms with van der Waals surface area (Å²) in [5.74, 6) is 0. The van der Waals surface area contributed by atoms with Gasteiger partial charge in [0.05, 0.1) is 0 Å². The summed E-state index contributed by atoms with van der Waals surface area (Å²) >= 11 is 0. The second kappa shape index (κ2) is 37.3. The van der Waals surface area contributed by atoms with Crippen LogP contribution >= 0.6 is 22.3 Å². The third-order valence-electron chi connectivity index (χ3n) is 0. The molecule has 0 fully saturated rings. The Labute approximate surface area is 189 Å². The average molecular weight is 265 g/mol. The molecule has 3 nitrogen and oxygen atoms in total. The van der Waals surface area contributed by atoms with E-state index in [2.05, 4.69) is 0 Å². The fourth-order valence-corrected chi connectivity index (χ4v) is 0. The van der Waals surface area contributed by atoms with Crippen LogP contribution in [0.4, 0.5) is 4.79 Å². The number of hydrogen-bond acceptors (Lipinski definition) is 1. The summed E-state index contributed by atoms with van der Waals surface area (Å²) in [6.07, 6.45) is -1.83. The van der Waals surface area contributed by atoms with Gasteiger partial charge in [-0.3, -0.25) is 0 Å². The topological polar surface area (TPSA) is 57.5 Å². The second-order valence-corrected chi connectivity index (χ2v) is 0.283. The quantitative estimate of drug-likeness (QED) is 0.339. The van der Waals surface area contributed by atoms with Crippen molar-refractivity contribution in [1.29, 1.82) is 0 Å². The Morgan fingerprint density at radius 2 is 1.30 bits per heavy atom. The molecule has 0 aromatic rings. The van der Waals surface area contributed by atoms with Gasteiger partial charge in [-0.2, -0.15) is 9.90 Å². The first kappa shape index (κ1) is 46.6. The van der Waals surface area contributed by atoms with Gasteiger partial charge in [0.2, 0.25) is 0 Å². The number of halogens is 1. The third-order valence-corrected chi connectivity index (χ3v) is 0. The molecule has 0 amide bonds. The summed E-state index contributed by atoms with van der Waals surface area (Å²) in [5.41, 5.74) is 0. The molecule has 0 aliphatic heterocycles. The third kappa shape index (κ3) is 79.4. The first-order valence-corrected chi connectivity index (χ1v) is 0.651. The van der Waals surface area contributed by atoms with Gasteiger partial charge in [0.15, 0.2) is 0 Å². The molecular formula is CH12CaClKMgNaO3P. The van der Waals surface area contributed by atoms with Crippen LogP contribution in [0.1, 0.15) is 8.56 Å². The van der Waals surface area contributed by atoms with E-state index in [1.807, 2.05) is 0 Å². The molecule has 9 heteroatoms. The molecule has 0 rings (SSSR count). The molecule has 2 N–H and O–H groups in total. The maximum atomic E-state index is 8.56. The fourth-order valence-electron chi connectivity index (χ4n) is 0. The summed E-state index contributed by atoms with van der Waals surface area (Å²) in [6, 6.07) is 0. The molecule has 0 spiro atoms. The second-order valence-electron chi connectivity index (χ2n) is 0.283. The van der Waals surface area contributed by atoms with Gasteiger partial charge >= 0.3 is 148 Å². The van der Waals surface area contributed by atoms with E-state index in [-0.39, 0.29) is 173 Å². The van der Waals surface area contributed by atoms with Gasteiger partial charge in [0.25, 0.3) is 0 Å². The molecule has 0 aromatic heterocycles. The molecule has 0 saturated heterocycles. The van der Waals surface area contributed by atoms with Gasteiger partial charge in [-0.15, -0.1) is 12.4 Å². The largest absolute Gasteiger partial charge is 2.00 e. The van der Waals surface area contributed by atoms with Crippen molar-refractivity contribution in [2.75, 3.05) is 0 Å². The molecule has 0 aromatic carbocycles. The molecule has 1 atom stereocenters. The van der Waals surface area contributed by atoms with Crippen molar-refractivity contribution in [2.45, 2.75) is 0 Å². The van der Waals surface area contributed by atoms with Gasteiger partial charge in [0, 0.05) is 0 Å². The molecule has 0 bridgehead atoms. The molecule has 0 aliphatic rings. The molecule has 0 heterocycles. The first-order valence-electron chi connectivity index (χ1n) is 0.651. The van der Waals surface area contributed by atoms with E-state index in [0.29, 0.717) is 0 Å². The van der Waals surface area contributed by atoms with E-state index in [1.54, 1.807) is 0 Å². The summed E-state index contributed by atoms with van der Waals surface area (Å²) in [4.78, 5) is 8.56. The number of carbonyl (C=O) groups is 1. The predicted octanol–water partition coefficient (Wildman–Crippen LogP) is -5.38. The van der Waals surface area contributed by atoms with Gasteiger partial charge < -0.3 is 18.8 Å². The molecule has 52 valence electrons. The zero-order valence-electron chi connectivity index (χ0n) is 12.3. The number of hydrogen-bond donors (Lipinski definition) is 2. The van der Waals surface area contributed by atoms with Crippen molar-refractivity contribution in [3.8, 4) is 0 Å². The van der Waals surface area contributed by atoms with Crippen LogP contribution in [-0.4, -0.2) is 77.2 Å². The Morgan fingerprint density at radius 1 is 1.30 bits per heavy atom. The van der Waals surface area contributed by atoms with Crippen molar-refractivity contribution in [2.24, 2.45) is 0 Å². The maximum absolute atomic E-state index is 8.56. The van der Waals surface area contributed by atoms with Crippen LogP contribution in [0.15, 0.2) is 0 Å². The van der Waals surface area contributed by atoms with E-state index in [0.717, 1.165) is 0 Å². The standard InChI is InChI=1S/CH2O3.Ca.ClH.K.Mg.Na.H3P.6H/c2-1(3)4;;;;;;;;;;;;/h(H2,2,3,4);;1H;;;;1H3;;;;;;/q;+2;;+1;+2;+1;;6*-1. The predicted molar refractivity (Wildman–Crippen MR) is 47.2 cm³/mol. The maximum Gasteiger partial charge on any atom is 2.00 e. The molecular weight excluding hydrogens is 253 g/mol. The zero-order valence-corrected chi connectivity index (χ0v) is 17.3. The van der Waals surface area contributed by atoms with E-state index >= 15 is 0 Å². The van der Waals surface area contributed by atoms with Crippen molar-refractivity contribution < 1.29 is 105 Å². The van der Waals surface area contributed by atoms with Gasteiger partial charge in [-0.1, -0.05) is 0 Å². The van der Waals surface area contributed by atoms with Crippen LogP contribution < -0.4 is 80.9 Å². The summed E-state index contributed by atoms with van der Waals surface area (Å²) in [5, 5.41) is 13.9. The van der Waals surface area contributed by atoms with E-state index in [9.17, 15) is 0 Å². The van der Waals surface area contributed by atoms with Crippen LogP contribution in [0.25, 0.3) is 0 Å². The smallest absolute Gasteiger partial charge is 1.00 e. The minimum Gasteiger partial charge on any atom is -1.00 e. The Bertz CT molecular complexity index is 66.8. The minimum absolute atomic E-state index is 0. The molecule has 1 unspecified atom stereocenters. The normalized spacial score (nSPS) is 2.40. The van der Waals surface area contributed by atoms with Crippen LogP contribution in [0.3, 0.4) is 0 Å². The van der Waals surface area contributed by atoms with E-state index < -0.39 is 6.16 Å². The molecule has 0 radical (unpaired) electrons. The SMILES string of the molecule is Cl.O=C(O)O.P.[Ca+2].[H-].[H-].[H-].[H-].[H-].[H-].[K+].[Mg+2].[Na+]. The van der Waals surface area contributed by atoms with Gasteiger partial charge in [-0.25, -0.2) is 4.79 Å². The summed E-state index contributed by atoms with van der Waals surface area (Å²) in [6.45, 7) is 0. The van der Waals surface area contributed by atoms with E-state index in [4.69, 9.17) is 15.0 Å². The van der Waals surface area contributed by atoms with Crippen molar-refractivity contribution in [3.05, 3.63) is 0 Å². The van der Waals surface area contributed by atoms with E-state index in [1.165, 1.54) is 0 Å². The Morgan fingerprint density at radius 3 is 1.30 bits per heavy atom. The van der Waals surface area contributed by atoms with Crippen LogP contribution in [0.2, 0.25) is 0 Å². The molecule has 10 heavy (non-hydrogen) atoms. The Kier molecular flexibility index (Phi) is 174. The van der Waals surface area contributed by atoms with Crippen LogP contribution in [0.5, 0.6) is 0 Å².